The fourth-order valence-electron chi connectivity index (χ4n) is 5.34. The number of carbonyl (C=O) groups is 2. The molecule has 0 radical (unpaired) electrons. The first-order chi connectivity index (χ1) is 24.8. The van der Waals surface area contributed by atoms with E-state index in [1.54, 1.807) is 18.2 Å². The molecule has 6 rings (SSSR count). The minimum atomic E-state index is -0.863. The maximum atomic E-state index is 11.6. The van der Waals surface area contributed by atoms with E-state index in [2.05, 4.69) is 127 Å². The molecule has 0 aliphatic heterocycles. The number of carbonyl (C=O) groups excluding carboxylic acids is 2. The number of ether oxygens (including phenoxy) is 3. The number of methoxy groups -OCH3 is 1. The molecule has 0 saturated carbocycles. The Morgan fingerprint density at radius 1 is 0.549 bits per heavy atom. The molecule has 0 aliphatic rings. The van der Waals surface area contributed by atoms with Gasteiger partial charge in [-0.2, -0.15) is 0 Å². The maximum absolute atomic E-state index is 11.6. The lowest BCUT2D eigenvalue weighted by molar-refractivity contribution is -0.141. The van der Waals surface area contributed by atoms with Crippen LogP contribution in [0.15, 0.2) is 158 Å². The third kappa shape index (κ3) is 10.3. The summed E-state index contributed by atoms with van der Waals surface area (Å²) in [5, 5.41) is 0. The first-order valence-corrected chi connectivity index (χ1v) is 16.7. The van der Waals surface area contributed by atoms with Gasteiger partial charge in [0.1, 0.15) is 12.4 Å². The minimum Gasteiger partial charge on any atom is -0.469 e. The van der Waals surface area contributed by atoms with Crippen molar-refractivity contribution < 1.29 is 23.8 Å². The van der Waals surface area contributed by atoms with Crippen molar-refractivity contribution in [2.75, 3.05) is 30.6 Å². The van der Waals surface area contributed by atoms with Gasteiger partial charge in [0.15, 0.2) is 0 Å². The Morgan fingerprint density at radius 2 is 1.10 bits per heavy atom. The summed E-state index contributed by atoms with van der Waals surface area (Å²) in [6.45, 7) is 4.16. The van der Waals surface area contributed by atoms with Crippen molar-refractivity contribution in [3.8, 4) is 16.9 Å². The van der Waals surface area contributed by atoms with E-state index in [1.807, 2.05) is 48.3 Å². The average molecular weight is 679 g/mol. The molecular weight excluding hydrogens is 636 g/mol. The normalized spacial score (nSPS) is 10.3. The van der Waals surface area contributed by atoms with Crippen molar-refractivity contribution in [3.63, 3.8) is 0 Å². The van der Waals surface area contributed by atoms with Crippen LogP contribution >= 0.6 is 0 Å². The van der Waals surface area contributed by atoms with Crippen LogP contribution in [0.3, 0.4) is 0 Å². The van der Waals surface area contributed by atoms with E-state index >= 15 is 0 Å². The highest BCUT2D eigenvalue weighted by molar-refractivity contribution is 5.78. The molecule has 0 atom stereocenters. The lowest BCUT2D eigenvalue weighted by Gasteiger charge is -2.26. The predicted octanol–water partition coefficient (Wildman–Crippen LogP) is 11.0. The number of benzene rings is 6. The smallest absolute Gasteiger partial charge is 0.469 e. The highest BCUT2D eigenvalue weighted by Gasteiger charge is 2.13. The first-order valence-electron chi connectivity index (χ1n) is 16.7. The highest BCUT2D eigenvalue weighted by Crippen LogP contribution is 2.36. The number of nitrogens with zero attached hydrogens (tertiary/aromatic N) is 2. The third-order valence-corrected chi connectivity index (χ3v) is 8.09. The van der Waals surface area contributed by atoms with E-state index in [0.29, 0.717) is 5.75 Å². The summed E-state index contributed by atoms with van der Waals surface area (Å²) in [5.41, 5.74) is 10.4. The van der Waals surface area contributed by atoms with Gasteiger partial charge in [0.2, 0.25) is 0 Å². The molecule has 0 fully saturated rings. The summed E-state index contributed by atoms with van der Waals surface area (Å²) in [7, 11) is 3.19. The molecule has 7 heteroatoms. The van der Waals surface area contributed by atoms with Gasteiger partial charge in [-0.15, -0.1) is 0 Å². The van der Waals surface area contributed by atoms with Crippen molar-refractivity contribution in [3.05, 3.63) is 169 Å². The van der Waals surface area contributed by atoms with Gasteiger partial charge in [0.05, 0.1) is 13.5 Å². The minimum absolute atomic E-state index is 0.0115. The second-order valence-electron chi connectivity index (χ2n) is 11.8. The lowest BCUT2D eigenvalue weighted by Crippen LogP contribution is -2.14. The van der Waals surface area contributed by atoms with Gasteiger partial charge in [0, 0.05) is 41.6 Å². The molecule has 7 nitrogen and oxygen atoms in total. The Morgan fingerprint density at radius 3 is 1.73 bits per heavy atom. The van der Waals surface area contributed by atoms with Crippen molar-refractivity contribution in [1.82, 2.24) is 0 Å². The molecule has 0 aliphatic carbocycles. The van der Waals surface area contributed by atoms with Crippen molar-refractivity contribution in [1.29, 1.82) is 0 Å². The molecule has 6 aromatic carbocycles. The maximum Gasteiger partial charge on any atom is 0.513 e. The van der Waals surface area contributed by atoms with E-state index in [4.69, 9.17) is 9.47 Å². The van der Waals surface area contributed by atoms with E-state index in [1.165, 1.54) is 35.1 Å². The van der Waals surface area contributed by atoms with Crippen LogP contribution in [0.2, 0.25) is 0 Å². The van der Waals surface area contributed by atoms with Crippen LogP contribution in [0.4, 0.5) is 33.2 Å². The molecule has 258 valence electrons. The molecule has 0 unspecified atom stereocenters. The summed E-state index contributed by atoms with van der Waals surface area (Å²) in [6, 6.07) is 53.5. The number of rotatable bonds is 10. The standard InChI is InChI=1S/C26H23N.C18H19NO5/c1-20-11-13-22(14-12-20)23-15-17-25(18-16-23)27(24-8-4-3-5-9-24)26-10-6-7-21(2)19-26;1-19(14-7-4-3-5-8-14)15-9-6-10-16(13-15)24-18(21)23-12-11-17(20)22-2/h3-19H,1-2H3;3-10,13H,11-12H2,1-2H3. The highest BCUT2D eigenvalue weighted by atomic mass is 16.7. The topological polar surface area (TPSA) is 68.3 Å². The first kappa shape index (κ1) is 36.0. The molecule has 0 spiro atoms. The zero-order valence-electron chi connectivity index (χ0n) is 29.4. The van der Waals surface area contributed by atoms with Crippen LogP contribution < -0.4 is 14.5 Å². The monoisotopic (exact) mass is 678 g/mol. The molecule has 6 aromatic rings. The van der Waals surface area contributed by atoms with E-state index in [0.717, 1.165) is 22.7 Å². The Balaban J connectivity index is 0.000000199. The Hall–Kier alpha value is -6.34. The predicted molar refractivity (Wildman–Crippen MR) is 206 cm³/mol. The Kier molecular flexibility index (Phi) is 12.6. The van der Waals surface area contributed by atoms with Crippen LogP contribution in [0.5, 0.6) is 5.75 Å². The number of para-hydroxylation sites is 2. The SMILES string of the molecule is COC(=O)CCOC(=O)Oc1cccc(N(C)c2ccccc2)c1.Cc1ccc(-c2ccc(N(c3ccccc3)c3cccc(C)c3)cc2)cc1. The van der Waals surface area contributed by atoms with E-state index < -0.39 is 12.1 Å². The van der Waals surface area contributed by atoms with Gasteiger partial charge in [-0.05, 0) is 91.2 Å². The van der Waals surface area contributed by atoms with Crippen molar-refractivity contribution in [2.45, 2.75) is 20.3 Å². The molecule has 0 heterocycles. The quantitative estimate of drug-likeness (QED) is 0.105. The average Bonchev–Trinajstić information content (AvgIpc) is 3.16. The van der Waals surface area contributed by atoms with Gasteiger partial charge >= 0.3 is 12.1 Å². The largest absolute Gasteiger partial charge is 0.513 e. The fourth-order valence-corrected chi connectivity index (χ4v) is 5.34. The van der Waals surface area contributed by atoms with Crippen LogP contribution in [-0.2, 0) is 14.3 Å². The number of anilines is 5. The summed E-state index contributed by atoms with van der Waals surface area (Å²) in [6.07, 6.45) is -0.874. The van der Waals surface area contributed by atoms with E-state index in [9.17, 15) is 9.59 Å². The zero-order valence-corrected chi connectivity index (χ0v) is 29.4. The zero-order chi connectivity index (χ0) is 36.0. The molecule has 51 heavy (non-hydrogen) atoms. The molecule has 0 saturated heterocycles. The van der Waals surface area contributed by atoms with Crippen molar-refractivity contribution in [2.24, 2.45) is 0 Å². The summed E-state index contributed by atoms with van der Waals surface area (Å²) < 4.78 is 14.4. The van der Waals surface area contributed by atoms with Crippen LogP contribution in [-0.4, -0.2) is 32.9 Å². The number of aryl methyl sites for hydroxylation is 2. The number of hydrogen-bond donors (Lipinski definition) is 0. The lowest BCUT2D eigenvalue weighted by atomic mass is 10.0. The fraction of sp³-hybridized carbons (Fsp3) is 0.136. The van der Waals surface area contributed by atoms with Gasteiger partial charge in [-0.3, -0.25) is 4.79 Å². The molecular formula is C44H42N2O5. The molecule has 0 bridgehead atoms. The van der Waals surface area contributed by atoms with Gasteiger partial charge in [-0.1, -0.05) is 96.6 Å². The number of esters is 1. The second kappa shape index (κ2) is 17.9. The molecule has 0 amide bonds. The third-order valence-electron chi connectivity index (χ3n) is 8.09. The van der Waals surface area contributed by atoms with Crippen LogP contribution in [0.25, 0.3) is 11.1 Å². The summed E-state index contributed by atoms with van der Waals surface area (Å²) in [4.78, 5) is 26.8. The number of hydrogen-bond acceptors (Lipinski definition) is 7. The summed E-state index contributed by atoms with van der Waals surface area (Å²) >= 11 is 0. The van der Waals surface area contributed by atoms with Gasteiger partial charge in [0.25, 0.3) is 0 Å². The Bertz CT molecular complexity index is 2000. The van der Waals surface area contributed by atoms with Crippen molar-refractivity contribution >= 4 is 40.6 Å². The second-order valence-corrected chi connectivity index (χ2v) is 11.8. The van der Waals surface area contributed by atoms with Crippen LogP contribution in [0, 0.1) is 13.8 Å². The van der Waals surface area contributed by atoms with Gasteiger partial charge < -0.3 is 24.0 Å². The van der Waals surface area contributed by atoms with Crippen LogP contribution in [0.1, 0.15) is 17.5 Å². The van der Waals surface area contributed by atoms with E-state index in [-0.39, 0.29) is 13.0 Å². The summed E-state index contributed by atoms with van der Waals surface area (Å²) in [5.74, 6) is -0.0902. The Labute approximate surface area is 300 Å². The van der Waals surface area contributed by atoms with Gasteiger partial charge in [-0.25, -0.2) is 4.79 Å². The molecule has 0 aromatic heterocycles. The molecule has 0 N–H and O–H groups in total.